The van der Waals surface area contributed by atoms with E-state index in [1.807, 2.05) is 57.3 Å². The van der Waals surface area contributed by atoms with Gasteiger partial charge in [-0.2, -0.15) is 0 Å². The van der Waals surface area contributed by atoms with Crippen molar-refractivity contribution < 1.29 is 9.59 Å². The molecular formula is C25H22ClN5O2S2. The average molecular weight is 524 g/mol. The maximum atomic E-state index is 13.2. The van der Waals surface area contributed by atoms with Crippen molar-refractivity contribution in [1.29, 1.82) is 0 Å². The van der Waals surface area contributed by atoms with Crippen LogP contribution >= 0.6 is 34.7 Å². The Morgan fingerprint density at radius 2 is 1.97 bits per heavy atom. The zero-order valence-corrected chi connectivity index (χ0v) is 21.1. The number of para-hydroxylation sites is 1. The molecule has 35 heavy (non-hydrogen) atoms. The number of halogens is 1. The molecule has 2 aromatic carbocycles. The first-order valence-electron chi connectivity index (χ1n) is 11.1. The summed E-state index contributed by atoms with van der Waals surface area (Å²) in [6.45, 7) is 0.891. The fourth-order valence-electron chi connectivity index (χ4n) is 4.03. The first kappa shape index (κ1) is 23.6. The first-order chi connectivity index (χ1) is 17.1. The SMILES string of the molecule is O=C(NCc1nnc(SCC(=O)N2CCCc3ccccc32)n1-c1cccc(Cl)c1)c1cccs1. The Morgan fingerprint density at radius 3 is 2.80 bits per heavy atom. The van der Waals surface area contributed by atoms with E-state index < -0.39 is 0 Å². The maximum Gasteiger partial charge on any atom is 0.261 e. The number of anilines is 1. The van der Waals surface area contributed by atoms with Crippen LogP contribution in [0.3, 0.4) is 0 Å². The van der Waals surface area contributed by atoms with Crippen LogP contribution in [0.1, 0.15) is 27.5 Å². The number of nitrogens with one attached hydrogen (secondary N) is 1. The minimum absolute atomic E-state index is 0.0235. The Morgan fingerprint density at radius 1 is 1.09 bits per heavy atom. The van der Waals surface area contributed by atoms with Crippen LogP contribution in [0.5, 0.6) is 0 Å². The van der Waals surface area contributed by atoms with Gasteiger partial charge in [0.1, 0.15) is 0 Å². The molecule has 0 unspecified atom stereocenters. The van der Waals surface area contributed by atoms with E-state index in [0.717, 1.165) is 24.2 Å². The summed E-state index contributed by atoms with van der Waals surface area (Å²) < 4.78 is 1.84. The van der Waals surface area contributed by atoms with Gasteiger partial charge in [-0.3, -0.25) is 14.2 Å². The molecule has 0 bridgehead atoms. The van der Waals surface area contributed by atoms with Crippen molar-refractivity contribution in [3.05, 3.63) is 87.3 Å². The topological polar surface area (TPSA) is 80.1 Å². The van der Waals surface area contributed by atoms with Crippen LogP contribution in [-0.4, -0.2) is 38.9 Å². The van der Waals surface area contributed by atoms with Crippen LogP contribution in [0.4, 0.5) is 5.69 Å². The van der Waals surface area contributed by atoms with Gasteiger partial charge < -0.3 is 10.2 Å². The fourth-order valence-corrected chi connectivity index (χ4v) is 5.71. The Balaban J connectivity index is 1.36. The van der Waals surface area contributed by atoms with Gasteiger partial charge in [0.25, 0.3) is 5.91 Å². The van der Waals surface area contributed by atoms with Gasteiger partial charge in [0.15, 0.2) is 11.0 Å². The molecule has 0 atom stereocenters. The van der Waals surface area contributed by atoms with E-state index in [2.05, 4.69) is 21.6 Å². The summed E-state index contributed by atoms with van der Waals surface area (Å²) in [4.78, 5) is 28.1. The molecule has 10 heteroatoms. The van der Waals surface area contributed by atoms with Crippen molar-refractivity contribution in [2.75, 3.05) is 17.2 Å². The molecule has 2 aromatic heterocycles. The van der Waals surface area contributed by atoms with Crippen LogP contribution in [0.15, 0.2) is 71.2 Å². The third kappa shape index (κ3) is 5.27. The largest absolute Gasteiger partial charge is 0.344 e. The Kier molecular flexibility index (Phi) is 7.17. The summed E-state index contributed by atoms with van der Waals surface area (Å²) in [6, 6.07) is 19.0. The molecule has 0 radical (unpaired) electrons. The second-order valence-corrected chi connectivity index (χ2v) is 10.3. The number of rotatable bonds is 7. The average Bonchev–Trinajstić information content (AvgIpc) is 3.56. The third-order valence-electron chi connectivity index (χ3n) is 5.65. The molecule has 7 nitrogen and oxygen atoms in total. The highest BCUT2D eigenvalue weighted by Crippen LogP contribution is 2.29. The number of carbonyl (C=O) groups is 2. The number of amides is 2. The number of nitrogens with zero attached hydrogens (tertiary/aromatic N) is 4. The van der Waals surface area contributed by atoms with Gasteiger partial charge in [0.2, 0.25) is 5.91 Å². The highest BCUT2D eigenvalue weighted by Gasteiger charge is 2.24. The summed E-state index contributed by atoms with van der Waals surface area (Å²) in [5, 5.41) is 14.5. The molecule has 1 aliphatic rings. The number of aromatic nitrogens is 3. The normalized spacial score (nSPS) is 12.9. The summed E-state index contributed by atoms with van der Waals surface area (Å²) in [7, 11) is 0. The Hall–Kier alpha value is -3.14. The molecule has 1 aliphatic heterocycles. The lowest BCUT2D eigenvalue weighted by molar-refractivity contribution is -0.116. The van der Waals surface area contributed by atoms with Crippen molar-refractivity contribution in [2.24, 2.45) is 0 Å². The second kappa shape index (κ2) is 10.6. The Bertz CT molecular complexity index is 1360. The van der Waals surface area contributed by atoms with E-state index in [9.17, 15) is 9.59 Å². The molecule has 178 valence electrons. The number of thioether (sulfide) groups is 1. The predicted octanol–water partition coefficient (Wildman–Crippen LogP) is 4.98. The van der Waals surface area contributed by atoms with Gasteiger partial charge in [-0.05, 0) is 54.1 Å². The summed E-state index contributed by atoms with van der Waals surface area (Å²) in [6.07, 6.45) is 1.93. The highest BCUT2D eigenvalue weighted by molar-refractivity contribution is 7.99. The van der Waals surface area contributed by atoms with Crippen LogP contribution < -0.4 is 10.2 Å². The lowest BCUT2D eigenvalue weighted by Gasteiger charge is -2.29. The van der Waals surface area contributed by atoms with Crippen molar-refractivity contribution in [3.8, 4) is 5.69 Å². The smallest absolute Gasteiger partial charge is 0.261 e. The second-order valence-electron chi connectivity index (χ2n) is 7.94. The minimum Gasteiger partial charge on any atom is -0.344 e. The molecule has 0 saturated carbocycles. The van der Waals surface area contributed by atoms with Crippen molar-refractivity contribution >= 4 is 52.2 Å². The quantitative estimate of drug-likeness (QED) is 0.345. The summed E-state index contributed by atoms with van der Waals surface area (Å²) in [5.74, 6) is 0.619. The third-order valence-corrected chi connectivity index (χ3v) is 7.67. The highest BCUT2D eigenvalue weighted by atomic mass is 35.5. The van der Waals surface area contributed by atoms with Crippen molar-refractivity contribution in [1.82, 2.24) is 20.1 Å². The van der Waals surface area contributed by atoms with Gasteiger partial charge in [0.05, 0.1) is 22.9 Å². The van der Waals surface area contributed by atoms with Crippen LogP contribution in [0.2, 0.25) is 5.02 Å². The van der Waals surface area contributed by atoms with E-state index in [1.54, 1.807) is 12.1 Å². The number of aryl methyl sites for hydroxylation is 1. The zero-order valence-electron chi connectivity index (χ0n) is 18.7. The standard InChI is InChI=1S/C25H22ClN5O2S2/c26-18-8-3-9-19(14-18)31-22(15-27-24(33)21-11-5-13-34-21)28-29-25(31)35-16-23(32)30-12-4-7-17-6-1-2-10-20(17)30/h1-3,5-6,8-11,13-14H,4,7,12,15-16H2,(H,27,33). The van der Waals surface area contributed by atoms with Gasteiger partial charge in [-0.1, -0.05) is 53.7 Å². The van der Waals surface area contributed by atoms with E-state index in [0.29, 0.717) is 27.4 Å². The molecule has 4 aromatic rings. The van der Waals surface area contributed by atoms with Gasteiger partial charge in [-0.25, -0.2) is 0 Å². The van der Waals surface area contributed by atoms with E-state index >= 15 is 0 Å². The molecule has 0 saturated heterocycles. The Labute approximate surface area is 216 Å². The van der Waals surface area contributed by atoms with Gasteiger partial charge in [0, 0.05) is 17.3 Å². The lowest BCUT2D eigenvalue weighted by atomic mass is 10.0. The van der Waals surface area contributed by atoms with E-state index in [4.69, 9.17) is 11.6 Å². The molecule has 1 N–H and O–H groups in total. The van der Waals surface area contributed by atoms with Gasteiger partial charge >= 0.3 is 0 Å². The van der Waals surface area contributed by atoms with E-state index in [1.165, 1.54) is 28.7 Å². The van der Waals surface area contributed by atoms with Crippen LogP contribution in [0, 0.1) is 0 Å². The van der Waals surface area contributed by atoms with Crippen molar-refractivity contribution in [3.63, 3.8) is 0 Å². The first-order valence-corrected chi connectivity index (χ1v) is 13.4. The zero-order chi connectivity index (χ0) is 24.2. The molecule has 2 amide bonds. The number of thiophene rings is 1. The lowest BCUT2D eigenvalue weighted by Crippen LogP contribution is -2.36. The number of hydrogen-bond donors (Lipinski definition) is 1. The molecule has 5 rings (SSSR count). The maximum absolute atomic E-state index is 13.2. The summed E-state index contributed by atoms with van der Waals surface area (Å²) >= 11 is 8.95. The monoisotopic (exact) mass is 523 g/mol. The van der Waals surface area contributed by atoms with Crippen LogP contribution in [-0.2, 0) is 17.8 Å². The number of fused-ring (bicyclic) bond motifs is 1. The van der Waals surface area contributed by atoms with Crippen molar-refractivity contribution in [2.45, 2.75) is 24.5 Å². The minimum atomic E-state index is -0.172. The molecular weight excluding hydrogens is 502 g/mol. The number of benzene rings is 2. The predicted molar refractivity (Wildman–Crippen MR) is 140 cm³/mol. The van der Waals surface area contributed by atoms with Gasteiger partial charge in [-0.15, -0.1) is 21.5 Å². The number of hydrogen-bond acceptors (Lipinski definition) is 6. The molecule has 0 aliphatic carbocycles. The van der Waals surface area contributed by atoms with Crippen LogP contribution in [0.25, 0.3) is 5.69 Å². The summed E-state index contributed by atoms with van der Waals surface area (Å²) in [5.41, 5.74) is 2.95. The fraction of sp³-hybridized carbons (Fsp3) is 0.200. The number of carbonyl (C=O) groups excluding carboxylic acids is 2. The molecule has 0 fully saturated rings. The van der Waals surface area contributed by atoms with E-state index in [-0.39, 0.29) is 24.1 Å². The molecule has 3 heterocycles. The molecule has 0 spiro atoms.